The minimum Gasteiger partial charge on any atom is -0.450 e. The molecule has 3 heterocycles. The quantitative estimate of drug-likeness (QED) is 0.683. The Labute approximate surface area is 160 Å². The number of nitrogens with zero attached hydrogens (tertiary/aromatic N) is 6. The topological polar surface area (TPSA) is 74.2 Å². The molecule has 1 aromatic heterocycles. The molecular weight excluding hydrogens is 348 g/mol. The second-order valence-electron chi connectivity index (χ2n) is 6.99. The van der Waals surface area contributed by atoms with Gasteiger partial charge in [-0.3, -0.25) is 14.6 Å². The lowest BCUT2D eigenvalue weighted by molar-refractivity contribution is -0.134. The largest absolute Gasteiger partial charge is 0.450 e. The maximum Gasteiger partial charge on any atom is 0.409 e. The van der Waals surface area contributed by atoms with Gasteiger partial charge < -0.3 is 19.1 Å². The first kappa shape index (κ1) is 19.6. The molecule has 150 valence electrons. The minimum absolute atomic E-state index is 0.158. The van der Waals surface area contributed by atoms with Crippen molar-refractivity contribution in [2.45, 2.75) is 13.5 Å². The molecule has 3 rings (SSSR count). The van der Waals surface area contributed by atoms with E-state index in [-0.39, 0.29) is 12.0 Å². The molecule has 2 aliphatic heterocycles. The van der Waals surface area contributed by atoms with Gasteiger partial charge in [-0.2, -0.15) is 0 Å². The monoisotopic (exact) mass is 378 g/mol. The summed E-state index contributed by atoms with van der Waals surface area (Å²) in [7, 11) is 0. The molecule has 2 fully saturated rings. The predicted octanol–water partition coefficient (Wildman–Crippen LogP) is -0.199. The Balaban J connectivity index is 1.33. The molecule has 2 amide bonds. The van der Waals surface area contributed by atoms with Crippen molar-refractivity contribution in [3.05, 3.63) is 18.7 Å². The standard InChI is InChI=1S/C18H30N6O3/c1-2-27-18(26)24-13-11-23(12-14-24)17(25)15-21-8-5-20(6-9-21)7-10-22-4-3-19-16-22/h3-4,16H,2,5-15H2,1H3. The van der Waals surface area contributed by atoms with Crippen molar-refractivity contribution >= 4 is 12.0 Å². The van der Waals surface area contributed by atoms with Crippen molar-refractivity contribution in [3.63, 3.8) is 0 Å². The number of hydrogen-bond donors (Lipinski definition) is 0. The van der Waals surface area contributed by atoms with Crippen LogP contribution in [-0.4, -0.2) is 113 Å². The smallest absolute Gasteiger partial charge is 0.409 e. The highest BCUT2D eigenvalue weighted by Gasteiger charge is 2.26. The molecular formula is C18H30N6O3. The van der Waals surface area contributed by atoms with Crippen LogP contribution in [0.15, 0.2) is 18.7 Å². The predicted molar refractivity (Wildman–Crippen MR) is 100 cm³/mol. The van der Waals surface area contributed by atoms with Gasteiger partial charge in [-0.1, -0.05) is 0 Å². The van der Waals surface area contributed by atoms with Gasteiger partial charge in [-0.25, -0.2) is 9.78 Å². The Hall–Kier alpha value is -2.13. The van der Waals surface area contributed by atoms with E-state index in [1.54, 1.807) is 18.0 Å². The average Bonchev–Trinajstić information content (AvgIpc) is 3.21. The zero-order chi connectivity index (χ0) is 19.1. The summed E-state index contributed by atoms with van der Waals surface area (Å²) in [6.45, 7) is 10.7. The van der Waals surface area contributed by atoms with E-state index in [0.717, 1.165) is 39.3 Å². The summed E-state index contributed by atoms with van der Waals surface area (Å²) in [6.07, 6.45) is 5.35. The lowest BCUT2D eigenvalue weighted by Gasteiger charge is -2.37. The normalized spacial score (nSPS) is 19.3. The van der Waals surface area contributed by atoms with Crippen LogP contribution in [-0.2, 0) is 16.1 Å². The van der Waals surface area contributed by atoms with Crippen LogP contribution in [0.5, 0.6) is 0 Å². The Kier molecular flexibility index (Phi) is 7.05. The van der Waals surface area contributed by atoms with Crippen LogP contribution >= 0.6 is 0 Å². The molecule has 0 atom stereocenters. The van der Waals surface area contributed by atoms with Gasteiger partial charge in [0.2, 0.25) is 5.91 Å². The van der Waals surface area contributed by atoms with Crippen molar-refractivity contribution in [2.24, 2.45) is 0 Å². The fraction of sp³-hybridized carbons (Fsp3) is 0.722. The van der Waals surface area contributed by atoms with Gasteiger partial charge in [0.25, 0.3) is 0 Å². The van der Waals surface area contributed by atoms with Crippen LogP contribution in [0.25, 0.3) is 0 Å². The highest BCUT2D eigenvalue weighted by Crippen LogP contribution is 2.07. The molecule has 0 bridgehead atoms. The summed E-state index contributed by atoms with van der Waals surface area (Å²) in [4.78, 5) is 36.5. The zero-order valence-corrected chi connectivity index (χ0v) is 16.1. The van der Waals surface area contributed by atoms with E-state index in [0.29, 0.717) is 39.3 Å². The Morgan fingerprint density at radius 1 is 0.926 bits per heavy atom. The Bertz CT molecular complexity index is 592. The van der Waals surface area contributed by atoms with Gasteiger partial charge in [-0.15, -0.1) is 0 Å². The SMILES string of the molecule is CCOC(=O)N1CCN(C(=O)CN2CCN(CCn3ccnc3)CC2)CC1. The molecule has 2 aliphatic rings. The van der Waals surface area contributed by atoms with Gasteiger partial charge >= 0.3 is 6.09 Å². The van der Waals surface area contributed by atoms with Crippen LogP contribution in [0.3, 0.4) is 0 Å². The molecule has 0 N–H and O–H groups in total. The Morgan fingerprint density at radius 3 is 2.22 bits per heavy atom. The number of aromatic nitrogens is 2. The van der Waals surface area contributed by atoms with Crippen LogP contribution in [0.4, 0.5) is 4.79 Å². The maximum absolute atomic E-state index is 12.6. The molecule has 1 aromatic rings. The number of hydrogen-bond acceptors (Lipinski definition) is 6. The lowest BCUT2D eigenvalue weighted by Crippen LogP contribution is -2.54. The molecule has 9 nitrogen and oxygen atoms in total. The van der Waals surface area contributed by atoms with E-state index in [9.17, 15) is 9.59 Å². The van der Waals surface area contributed by atoms with Gasteiger partial charge in [-0.05, 0) is 6.92 Å². The number of piperazine rings is 2. The molecule has 0 unspecified atom stereocenters. The van der Waals surface area contributed by atoms with Crippen molar-refractivity contribution in [1.29, 1.82) is 0 Å². The second-order valence-corrected chi connectivity index (χ2v) is 6.99. The number of carbonyl (C=O) groups is 2. The van der Waals surface area contributed by atoms with Crippen molar-refractivity contribution < 1.29 is 14.3 Å². The molecule has 0 aromatic carbocycles. The minimum atomic E-state index is -0.281. The Morgan fingerprint density at radius 2 is 1.59 bits per heavy atom. The first-order valence-electron chi connectivity index (χ1n) is 9.75. The van der Waals surface area contributed by atoms with Crippen LogP contribution in [0.2, 0.25) is 0 Å². The van der Waals surface area contributed by atoms with Gasteiger partial charge in [0.15, 0.2) is 0 Å². The highest BCUT2D eigenvalue weighted by molar-refractivity contribution is 5.78. The molecule has 0 radical (unpaired) electrons. The van der Waals surface area contributed by atoms with E-state index in [4.69, 9.17) is 4.74 Å². The summed E-state index contributed by atoms with van der Waals surface area (Å²) in [6, 6.07) is 0. The average molecular weight is 378 g/mol. The first-order valence-corrected chi connectivity index (χ1v) is 9.75. The molecule has 27 heavy (non-hydrogen) atoms. The van der Waals surface area contributed by atoms with E-state index < -0.39 is 0 Å². The zero-order valence-electron chi connectivity index (χ0n) is 16.1. The van der Waals surface area contributed by atoms with Crippen LogP contribution in [0, 0.1) is 0 Å². The lowest BCUT2D eigenvalue weighted by atomic mass is 10.2. The van der Waals surface area contributed by atoms with Crippen LogP contribution < -0.4 is 0 Å². The highest BCUT2D eigenvalue weighted by atomic mass is 16.6. The number of imidazole rings is 1. The number of ether oxygens (including phenoxy) is 1. The van der Waals surface area contributed by atoms with Crippen molar-refractivity contribution in [2.75, 3.05) is 72.1 Å². The third-order valence-corrected chi connectivity index (χ3v) is 5.22. The van der Waals surface area contributed by atoms with Gasteiger partial charge in [0.05, 0.1) is 19.5 Å². The summed E-state index contributed by atoms with van der Waals surface area (Å²) >= 11 is 0. The third kappa shape index (κ3) is 5.67. The molecule has 2 saturated heterocycles. The summed E-state index contributed by atoms with van der Waals surface area (Å²) < 4.78 is 7.11. The molecule has 0 saturated carbocycles. The van der Waals surface area contributed by atoms with Crippen molar-refractivity contribution in [3.8, 4) is 0 Å². The maximum atomic E-state index is 12.6. The van der Waals surface area contributed by atoms with E-state index in [1.807, 2.05) is 17.4 Å². The van der Waals surface area contributed by atoms with Crippen molar-refractivity contribution in [1.82, 2.24) is 29.2 Å². The number of amides is 2. The van der Waals surface area contributed by atoms with E-state index in [2.05, 4.69) is 19.4 Å². The number of rotatable bonds is 6. The first-order chi connectivity index (χ1) is 13.2. The van der Waals surface area contributed by atoms with Gasteiger partial charge in [0, 0.05) is 77.8 Å². The summed E-state index contributed by atoms with van der Waals surface area (Å²) in [5.41, 5.74) is 0. The molecule has 0 aliphatic carbocycles. The molecule has 9 heteroatoms. The third-order valence-electron chi connectivity index (χ3n) is 5.22. The van der Waals surface area contributed by atoms with E-state index in [1.165, 1.54) is 0 Å². The van der Waals surface area contributed by atoms with E-state index >= 15 is 0 Å². The van der Waals surface area contributed by atoms with Crippen LogP contribution in [0.1, 0.15) is 6.92 Å². The summed E-state index contributed by atoms with van der Waals surface area (Å²) in [5.74, 6) is 0.158. The van der Waals surface area contributed by atoms with Gasteiger partial charge in [0.1, 0.15) is 0 Å². The summed E-state index contributed by atoms with van der Waals surface area (Å²) in [5, 5.41) is 0. The fourth-order valence-electron chi connectivity index (χ4n) is 3.49. The fourth-order valence-corrected chi connectivity index (χ4v) is 3.49. The second kappa shape index (κ2) is 9.70. The number of carbonyl (C=O) groups excluding carboxylic acids is 2. The molecule has 0 spiro atoms.